The maximum Gasteiger partial charge on any atom is 0.310 e. The van der Waals surface area contributed by atoms with Gasteiger partial charge in [0.15, 0.2) is 12.4 Å². The average molecular weight is 461 g/mol. The highest BCUT2D eigenvalue weighted by Gasteiger charge is 2.22. The molecule has 0 bridgehead atoms. The second-order valence-electron chi connectivity index (χ2n) is 6.73. The van der Waals surface area contributed by atoms with Crippen LogP contribution in [0, 0.1) is 17.0 Å². The molecule has 0 fully saturated rings. The first-order valence-corrected chi connectivity index (χ1v) is 11.0. The van der Waals surface area contributed by atoms with Gasteiger partial charge in [0.2, 0.25) is 0 Å². The second kappa shape index (κ2) is 12.3. The van der Waals surface area contributed by atoms with Gasteiger partial charge in [0.05, 0.1) is 4.92 Å². The highest BCUT2D eigenvalue weighted by molar-refractivity contribution is 7.98. The van der Waals surface area contributed by atoms with Crippen molar-refractivity contribution in [2.45, 2.75) is 19.4 Å². The molecule has 0 aliphatic carbocycles. The van der Waals surface area contributed by atoms with E-state index in [1.54, 1.807) is 18.2 Å². The van der Waals surface area contributed by atoms with Gasteiger partial charge in [-0.15, -0.1) is 0 Å². The minimum Gasteiger partial charge on any atom is -0.477 e. The lowest BCUT2D eigenvalue weighted by molar-refractivity contribution is -0.385. The van der Waals surface area contributed by atoms with Gasteiger partial charge in [0.25, 0.3) is 17.7 Å². The van der Waals surface area contributed by atoms with Crippen LogP contribution < -0.4 is 20.9 Å². The molecule has 10 nitrogen and oxygen atoms in total. The largest absolute Gasteiger partial charge is 0.477 e. The smallest absolute Gasteiger partial charge is 0.310 e. The Morgan fingerprint density at radius 1 is 1.12 bits per heavy atom. The van der Waals surface area contributed by atoms with Crippen molar-refractivity contribution in [2.24, 2.45) is 0 Å². The summed E-state index contributed by atoms with van der Waals surface area (Å²) in [6.45, 7) is 1.31. The highest BCUT2D eigenvalue weighted by atomic mass is 32.2. The molecule has 3 N–H and O–H groups in total. The molecule has 3 amide bonds. The van der Waals surface area contributed by atoms with Gasteiger partial charge in [-0.1, -0.05) is 29.8 Å². The summed E-state index contributed by atoms with van der Waals surface area (Å²) in [6.07, 6.45) is 2.23. The maximum absolute atomic E-state index is 12.5. The number of carbonyl (C=O) groups excluding carboxylic acids is 3. The summed E-state index contributed by atoms with van der Waals surface area (Å²) < 4.78 is 5.17. The number of para-hydroxylation sites is 2. The van der Waals surface area contributed by atoms with Crippen LogP contribution in [0.4, 0.5) is 5.69 Å². The zero-order valence-electron chi connectivity index (χ0n) is 17.6. The van der Waals surface area contributed by atoms with Gasteiger partial charge in [0.1, 0.15) is 6.04 Å². The third kappa shape index (κ3) is 7.58. The first kappa shape index (κ1) is 24.7. The lowest BCUT2D eigenvalue weighted by atomic mass is 10.1. The third-order valence-corrected chi connectivity index (χ3v) is 4.90. The molecule has 2 rings (SSSR count). The number of nitrogens with zero attached hydrogens (tertiary/aromatic N) is 1. The van der Waals surface area contributed by atoms with Gasteiger partial charge >= 0.3 is 5.69 Å². The number of ether oxygens (including phenoxy) is 1. The fraction of sp³-hybridized carbons (Fsp3) is 0.286. The lowest BCUT2D eigenvalue weighted by Gasteiger charge is -2.18. The second-order valence-corrected chi connectivity index (χ2v) is 7.71. The van der Waals surface area contributed by atoms with E-state index < -0.39 is 35.3 Å². The molecule has 0 saturated carbocycles. The standard InChI is InChI=1S/C21H24N4O6S/c1-14-6-5-7-15(12-14)20(27)22-16(10-11-32-2)21(28)24-23-19(26)13-31-18-9-4-3-8-17(18)25(29)30/h3-9,12,16H,10-11,13H2,1-2H3,(H,22,27)(H,23,26)(H,24,28). The normalized spacial score (nSPS) is 11.2. The van der Waals surface area contributed by atoms with E-state index in [0.29, 0.717) is 17.7 Å². The fourth-order valence-corrected chi connectivity index (χ4v) is 3.13. The van der Waals surface area contributed by atoms with Crippen LogP contribution in [-0.2, 0) is 9.59 Å². The molecule has 0 spiro atoms. The molecule has 11 heteroatoms. The highest BCUT2D eigenvalue weighted by Crippen LogP contribution is 2.25. The molecule has 0 radical (unpaired) electrons. The summed E-state index contributed by atoms with van der Waals surface area (Å²) in [5, 5.41) is 13.7. The van der Waals surface area contributed by atoms with Crippen LogP contribution >= 0.6 is 11.8 Å². The van der Waals surface area contributed by atoms with Crippen molar-refractivity contribution in [1.82, 2.24) is 16.2 Å². The molecule has 0 saturated heterocycles. The Morgan fingerprint density at radius 2 is 1.88 bits per heavy atom. The number of carbonyl (C=O) groups is 3. The quantitative estimate of drug-likeness (QED) is 0.364. The molecule has 0 aliphatic rings. The van der Waals surface area contributed by atoms with Crippen molar-refractivity contribution in [1.29, 1.82) is 0 Å². The van der Waals surface area contributed by atoms with E-state index in [9.17, 15) is 24.5 Å². The molecule has 2 aromatic rings. The molecule has 1 atom stereocenters. The number of nitrogens with one attached hydrogen (secondary N) is 3. The third-order valence-electron chi connectivity index (χ3n) is 4.26. The summed E-state index contributed by atoms with van der Waals surface area (Å²) in [7, 11) is 0. The molecule has 32 heavy (non-hydrogen) atoms. The van der Waals surface area contributed by atoms with Crippen LogP contribution in [0.15, 0.2) is 48.5 Å². The first-order chi connectivity index (χ1) is 15.3. The molecule has 170 valence electrons. The van der Waals surface area contributed by atoms with Crippen LogP contribution in [0.3, 0.4) is 0 Å². The van der Waals surface area contributed by atoms with Crippen molar-refractivity contribution in [3.63, 3.8) is 0 Å². The van der Waals surface area contributed by atoms with Crippen molar-refractivity contribution in [3.05, 3.63) is 69.8 Å². The van der Waals surface area contributed by atoms with Gasteiger partial charge in [-0.3, -0.25) is 35.3 Å². The summed E-state index contributed by atoms with van der Waals surface area (Å²) in [4.78, 5) is 47.4. The van der Waals surface area contributed by atoms with E-state index in [0.717, 1.165) is 5.56 Å². The lowest BCUT2D eigenvalue weighted by Crippen LogP contribution is -2.53. The fourth-order valence-electron chi connectivity index (χ4n) is 2.66. The molecule has 2 aromatic carbocycles. The number of amides is 3. The number of hydrogen-bond acceptors (Lipinski definition) is 7. The zero-order chi connectivity index (χ0) is 23.5. The van der Waals surface area contributed by atoms with E-state index in [1.807, 2.05) is 19.2 Å². The Bertz CT molecular complexity index is 984. The first-order valence-electron chi connectivity index (χ1n) is 9.63. The van der Waals surface area contributed by atoms with Crippen LogP contribution in [0.1, 0.15) is 22.3 Å². The summed E-state index contributed by atoms with van der Waals surface area (Å²) in [5.74, 6) is -1.17. The van der Waals surface area contributed by atoms with Crippen LogP contribution in [0.25, 0.3) is 0 Å². The summed E-state index contributed by atoms with van der Waals surface area (Å²) in [6, 6.07) is 11.7. The predicted molar refractivity (Wildman–Crippen MR) is 120 cm³/mol. The van der Waals surface area contributed by atoms with Crippen molar-refractivity contribution in [3.8, 4) is 5.75 Å². The monoisotopic (exact) mass is 460 g/mol. The number of nitro benzene ring substituents is 1. The number of hydrazine groups is 1. The molecular formula is C21H24N4O6S. The van der Waals surface area contributed by atoms with Gasteiger partial charge in [-0.25, -0.2) is 0 Å². The molecule has 0 heterocycles. The molecule has 0 aromatic heterocycles. The Balaban J connectivity index is 1.91. The maximum atomic E-state index is 12.5. The Hall–Kier alpha value is -3.60. The van der Waals surface area contributed by atoms with Crippen LogP contribution in [0.2, 0.25) is 0 Å². The number of benzene rings is 2. The summed E-state index contributed by atoms with van der Waals surface area (Å²) in [5.41, 5.74) is 5.50. The van der Waals surface area contributed by atoms with Crippen LogP contribution in [-0.4, -0.2) is 47.3 Å². The minimum atomic E-state index is -0.869. The molecular weight excluding hydrogens is 436 g/mol. The number of thioether (sulfide) groups is 1. The Labute approximate surface area is 189 Å². The Morgan fingerprint density at radius 3 is 2.56 bits per heavy atom. The molecule has 1 unspecified atom stereocenters. The van der Waals surface area contributed by atoms with E-state index in [-0.39, 0.29) is 11.4 Å². The van der Waals surface area contributed by atoms with E-state index >= 15 is 0 Å². The van der Waals surface area contributed by atoms with Gasteiger partial charge in [-0.05, 0) is 43.6 Å². The average Bonchev–Trinajstić information content (AvgIpc) is 2.78. The minimum absolute atomic E-state index is 0.0674. The zero-order valence-corrected chi connectivity index (χ0v) is 18.4. The SMILES string of the molecule is CSCCC(NC(=O)c1cccc(C)c1)C(=O)NNC(=O)COc1ccccc1[N+](=O)[O-]. The Kier molecular flexibility index (Phi) is 9.48. The topological polar surface area (TPSA) is 140 Å². The number of rotatable bonds is 10. The van der Waals surface area contributed by atoms with E-state index in [2.05, 4.69) is 16.2 Å². The van der Waals surface area contributed by atoms with E-state index in [4.69, 9.17) is 4.74 Å². The summed E-state index contributed by atoms with van der Waals surface area (Å²) >= 11 is 1.51. The molecule has 0 aliphatic heterocycles. The van der Waals surface area contributed by atoms with Gasteiger partial charge < -0.3 is 10.1 Å². The predicted octanol–water partition coefficient (Wildman–Crippen LogP) is 1.98. The van der Waals surface area contributed by atoms with Gasteiger partial charge in [-0.2, -0.15) is 11.8 Å². The number of nitro groups is 1. The van der Waals surface area contributed by atoms with Crippen LogP contribution in [0.5, 0.6) is 5.75 Å². The number of aryl methyl sites for hydroxylation is 1. The number of hydrogen-bond donors (Lipinski definition) is 3. The van der Waals surface area contributed by atoms with Gasteiger partial charge in [0, 0.05) is 11.6 Å². The van der Waals surface area contributed by atoms with Crippen molar-refractivity contribution >= 4 is 35.2 Å². The van der Waals surface area contributed by atoms with Crippen molar-refractivity contribution < 1.29 is 24.0 Å². The van der Waals surface area contributed by atoms with Crippen molar-refractivity contribution in [2.75, 3.05) is 18.6 Å². The van der Waals surface area contributed by atoms with E-state index in [1.165, 1.54) is 36.0 Å².